The fourth-order valence-electron chi connectivity index (χ4n) is 1.95. The lowest BCUT2D eigenvalue weighted by atomic mass is 10.2. The van der Waals surface area contributed by atoms with Gasteiger partial charge in [-0.3, -0.25) is 4.79 Å². The van der Waals surface area contributed by atoms with Gasteiger partial charge in [-0.1, -0.05) is 11.6 Å². The zero-order valence-electron chi connectivity index (χ0n) is 12.8. The van der Waals surface area contributed by atoms with Gasteiger partial charge in [-0.2, -0.15) is 5.26 Å². The predicted molar refractivity (Wildman–Crippen MR) is 90.9 cm³/mol. The van der Waals surface area contributed by atoms with Gasteiger partial charge in [0, 0.05) is 11.4 Å². The van der Waals surface area contributed by atoms with Gasteiger partial charge in [0.2, 0.25) is 5.91 Å². The van der Waals surface area contributed by atoms with E-state index in [9.17, 15) is 4.79 Å². The first-order valence-electron chi connectivity index (χ1n) is 6.94. The molecule has 0 heterocycles. The molecule has 1 atom stereocenters. The first-order chi connectivity index (χ1) is 11.0. The van der Waals surface area contributed by atoms with E-state index < -0.39 is 6.04 Å². The molecule has 2 aromatic carbocycles. The lowest BCUT2D eigenvalue weighted by molar-refractivity contribution is -0.116. The summed E-state index contributed by atoms with van der Waals surface area (Å²) in [5, 5.41) is 15.1. The van der Waals surface area contributed by atoms with Crippen LogP contribution in [0.25, 0.3) is 0 Å². The number of amides is 1. The number of carbonyl (C=O) groups is 1. The second-order valence-electron chi connectivity index (χ2n) is 4.89. The Morgan fingerprint density at radius 3 is 2.43 bits per heavy atom. The number of carbonyl (C=O) groups excluding carboxylic acids is 1. The van der Waals surface area contributed by atoms with Gasteiger partial charge < -0.3 is 15.4 Å². The molecule has 1 unspecified atom stereocenters. The van der Waals surface area contributed by atoms with Crippen LogP contribution in [0, 0.1) is 11.3 Å². The minimum absolute atomic E-state index is 0.193. The molecule has 0 aliphatic heterocycles. The summed E-state index contributed by atoms with van der Waals surface area (Å²) in [7, 11) is 1.54. The molecule has 0 bridgehead atoms. The number of hydrogen-bond acceptors (Lipinski definition) is 4. The molecule has 0 saturated heterocycles. The molecule has 2 N–H and O–H groups in total. The number of anilines is 2. The van der Waals surface area contributed by atoms with Crippen molar-refractivity contribution in [2.45, 2.75) is 13.0 Å². The molecule has 0 fully saturated rings. The first-order valence-corrected chi connectivity index (χ1v) is 7.32. The van der Waals surface area contributed by atoms with Crippen LogP contribution in [0.4, 0.5) is 11.4 Å². The Balaban J connectivity index is 1.99. The SMILES string of the molecule is COc1ccc(NC(C)C(=O)Nc2ccc(C#N)cc2)cc1Cl. The van der Waals surface area contributed by atoms with Gasteiger partial charge in [-0.15, -0.1) is 0 Å². The summed E-state index contributed by atoms with van der Waals surface area (Å²) < 4.78 is 5.09. The van der Waals surface area contributed by atoms with E-state index in [1.807, 2.05) is 6.07 Å². The van der Waals surface area contributed by atoms with Crippen molar-refractivity contribution in [2.24, 2.45) is 0 Å². The van der Waals surface area contributed by atoms with E-state index >= 15 is 0 Å². The van der Waals surface area contributed by atoms with E-state index in [0.29, 0.717) is 22.0 Å². The maximum atomic E-state index is 12.2. The van der Waals surface area contributed by atoms with Crippen molar-refractivity contribution < 1.29 is 9.53 Å². The van der Waals surface area contributed by atoms with Crippen molar-refractivity contribution in [3.05, 3.63) is 53.1 Å². The highest BCUT2D eigenvalue weighted by atomic mass is 35.5. The van der Waals surface area contributed by atoms with E-state index in [0.717, 1.165) is 5.69 Å². The highest BCUT2D eigenvalue weighted by Crippen LogP contribution is 2.27. The maximum Gasteiger partial charge on any atom is 0.246 e. The van der Waals surface area contributed by atoms with Crippen LogP contribution >= 0.6 is 11.6 Å². The monoisotopic (exact) mass is 329 g/mol. The Morgan fingerprint density at radius 1 is 1.22 bits per heavy atom. The molecule has 0 saturated carbocycles. The summed E-state index contributed by atoms with van der Waals surface area (Å²) >= 11 is 6.06. The summed E-state index contributed by atoms with van der Waals surface area (Å²) in [4.78, 5) is 12.2. The Morgan fingerprint density at radius 2 is 1.87 bits per heavy atom. The van der Waals surface area contributed by atoms with Gasteiger partial charge in [0.05, 0.1) is 23.8 Å². The molecule has 0 aliphatic carbocycles. The number of rotatable bonds is 5. The van der Waals surface area contributed by atoms with Crippen molar-refractivity contribution in [1.29, 1.82) is 5.26 Å². The number of ether oxygens (including phenoxy) is 1. The molecular weight excluding hydrogens is 314 g/mol. The van der Waals surface area contributed by atoms with Gasteiger partial charge in [0.1, 0.15) is 11.8 Å². The van der Waals surface area contributed by atoms with Crippen molar-refractivity contribution >= 4 is 28.9 Å². The quantitative estimate of drug-likeness (QED) is 0.878. The molecule has 0 spiro atoms. The third-order valence-electron chi connectivity index (χ3n) is 3.21. The van der Waals surface area contributed by atoms with Crippen LogP contribution in [0.1, 0.15) is 12.5 Å². The number of halogens is 1. The smallest absolute Gasteiger partial charge is 0.246 e. The molecule has 23 heavy (non-hydrogen) atoms. The van der Waals surface area contributed by atoms with Crippen LogP contribution in [0.3, 0.4) is 0 Å². The van der Waals surface area contributed by atoms with E-state index in [1.54, 1.807) is 56.5 Å². The lowest BCUT2D eigenvalue weighted by Gasteiger charge is -2.16. The highest BCUT2D eigenvalue weighted by Gasteiger charge is 2.13. The molecular formula is C17H16ClN3O2. The van der Waals surface area contributed by atoms with E-state index in [1.165, 1.54) is 0 Å². The largest absolute Gasteiger partial charge is 0.495 e. The van der Waals surface area contributed by atoms with Gasteiger partial charge >= 0.3 is 0 Å². The number of nitrogens with one attached hydrogen (secondary N) is 2. The zero-order chi connectivity index (χ0) is 16.8. The summed E-state index contributed by atoms with van der Waals surface area (Å²) in [6.45, 7) is 1.75. The fraction of sp³-hybridized carbons (Fsp3) is 0.176. The van der Waals surface area contributed by atoms with Gasteiger partial charge in [0.25, 0.3) is 0 Å². The zero-order valence-corrected chi connectivity index (χ0v) is 13.5. The van der Waals surface area contributed by atoms with Crippen LogP contribution in [-0.4, -0.2) is 19.1 Å². The third-order valence-corrected chi connectivity index (χ3v) is 3.51. The Hall–Kier alpha value is -2.71. The summed E-state index contributed by atoms with van der Waals surface area (Å²) in [6.07, 6.45) is 0. The summed E-state index contributed by atoms with van der Waals surface area (Å²) in [5.74, 6) is 0.383. The third kappa shape index (κ3) is 4.38. The van der Waals surface area contributed by atoms with Crippen LogP contribution in [-0.2, 0) is 4.79 Å². The molecule has 0 aromatic heterocycles. The second kappa shape index (κ2) is 7.52. The van der Waals surface area contributed by atoms with Crippen molar-refractivity contribution in [3.63, 3.8) is 0 Å². The lowest BCUT2D eigenvalue weighted by Crippen LogP contribution is -2.31. The molecule has 0 aliphatic rings. The molecule has 6 heteroatoms. The molecule has 5 nitrogen and oxygen atoms in total. The van der Waals surface area contributed by atoms with Crippen LogP contribution in [0.5, 0.6) is 5.75 Å². The van der Waals surface area contributed by atoms with Crippen molar-refractivity contribution in [3.8, 4) is 11.8 Å². The summed E-state index contributed by atoms with van der Waals surface area (Å²) in [5.41, 5.74) is 1.90. The van der Waals surface area contributed by atoms with Crippen LogP contribution < -0.4 is 15.4 Å². The average Bonchev–Trinajstić information content (AvgIpc) is 2.55. The topological polar surface area (TPSA) is 74.2 Å². The Labute approximate surface area is 139 Å². The van der Waals surface area contributed by atoms with Crippen LogP contribution in [0.15, 0.2) is 42.5 Å². The number of nitriles is 1. The minimum atomic E-state index is -0.463. The van der Waals surface area contributed by atoms with Crippen LogP contribution in [0.2, 0.25) is 5.02 Å². The van der Waals surface area contributed by atoms with Gasteiger partial charge in [0.15, 0.2) is 0 Å². The Bertz CT molecular complexity index is 738. The number of hydrogen-bond donors (Lipinski definition) is 2. The average molecular weight is 330 g/mol. The first kappa shape index (κ1) is 16.7. The standard InChI is InChI=1S/C17H16ClN3O2/c1-11(20-14-7-8-16(23-2)15(18)9-14)17(22)21-13-5-3-12(10-19)4-6-13/h3-9,11,20H,1-2H3,(H,21,22). The molecule has 2 rings (SSSR count). The second-order valence-corrected chi connectivity index (χ2v) is 5.30. The number of methoxy groups -OCH3 is 1. The normalized spacial score (nSPS) is 11.2. The highest BCUT2D eigenvalue weighted by molar-refractivity contribution is 6.32. The van der Waals surface area contributed by atoms with E-state index in [-0.39, 0.29) is 5.91 Å². The molecule has 2 aromatic rings. The predicted octanol–water partition coefficient (Wildman–Crippen LogP) is 3.66. The summed E-state index contributed by atoms with van der Waals surface area (Å²) in [6, 6.07) is 13.5. The van der Waals surface area contributed by atoms with E-state index in [2.05, 4.69) is 10.6 Å². The molecule has 118 valence electrons. The molecule has 1 amide bonds. The van der Waals surface area contributed by atoms with Gasteiger partial charge in [-0.05, 0) is 49.4 Å². The number of nitrogens with zero attached hydrogens (tertiary/aromatic N) is 1. The Kier molecular flexibility index (Phi) is 5.45. The van der Waals surface area contributed by atoms with Crippen molar-refractivity contribution in [1.82, 2.24) is 0 Å². The van der Waals surface area contributed by atoms with E-state index in [4.69, 9.17) is 21.6 Å². The maximum absolute atomic E-state index is 12.2. The fourth-order valence-corrected chi connectivity index (χ4v) is 2.21. The van der Waals surface area contributed by atoms with Gasteiger partial charge in [-0.25, -0.2) is 0 Å². The number of benzene rings is 2. The van der Waals surface area contributed by atoms with Crippen molar-refractivity contribution in [2.75, 3.05) is 17.7 Å². The minimum Gasteiger partial charge on any atom is -0.495 e. The molecule has 0 radical (unpaired) electrons.